The predicted molar refractivity (Wildman–Crippen MR) is 111 cm³/mol. The van der Waals surface area contributed by atoms with Gasteiger partial charge >= 0.3 is 0 Å². The minimum Gasteiger partial charge on any atom is -0.457 e. The molecule has 3 rings (SSSR count). The number of nitrogens with two attached hydrogens (primary N) is 1. The third kappa shape index (κ3) is 4.66. The van der Waals surface area contributed by atoms with Crippen LogP contribution in [0.4, 0.5) is 0 Å². The molecule has 2 aromatic carbocycles. The Morgan fingerprint density at radius 2 is 2.11 bits per heavy atom. The van der Waals surface area contributed by atoms with E-state index < -0.39 is 0 Å². The van der Waals surface area contributed by atoms with Gasteiger partial charge in [-0.2, -0.15) is 0 Å². The van der Waals surface area contributed by atoms with Crippen molar-refractivity contribution >= 4 is 11.6 Å². The van der Waals surface area contributed by atoms with Gasteiger partial charge in [-0.1, -0.05) is 44.0 Å². The molecule has 3 nitrogen and oxygen atoms in total. The molecule has 0 amide bonds. The van der Waals surface area contributed by atoms with E-state index in [1.165, 1.54) is 11.1 Å². The number of aryl methyl sites for hydroxylation is 1. The molecule has 0 aliphatic heterocycles. The SMILES string of the molecule is CC(C)Cc1cc(Oc2cccc3c2CC([CH-]CN)(CO)CC3)ccc1Cl. The number of aliphatic hydroxyl groups is 1. The lowest BCUT2D eigenvalue weighted by molar-refractivity contribution is 0.136. The van der Waals surface area contributed by atoms with Crippen molar-refractivity contribution in [3.8, 4) is 11.5 Å². The van der Waals surface area contributed by atoms with E-state index in [1.54, 1.807) is 0 Å². The maximum absolute atomic E-state index is 9.99. The summed E-state index contributed by atoms with van der Waals surface area (Å²) in [6.07, 6.45) is 5.55. The number of ether oxygens (including phenoxy) is 1. The Morgan fingerprint density at radius 3 is 2.81 bits per heavy atom. The predicted octanol–water partition coefficient (Wildman–Crippen LogP) is 4.96. The molecule has 0 fully saturated rings. The van der Waals surface area contributed by atoms with Crippen LogP contribution >= 0.6 is 11.6 Å². The molecule has 0 aromatic heterocycles. The van der Waals surface area contributed by atoms with Gasteiger partial charge in [-0.05, 0) is 66.1 Å². The standard InChI is InChI=1S/C23H29ClNO2/c1-16(2)12-18-13-19(6-7-21(18)24)27-22-5-3-4-17-8-9-23(15-26,10-11-25)14-20(17)22/h3-7,10,13,16,26H,8-9,11-12,14-15,25H2,1-2H3/q-1. The first-order valence-electron chi connectivity index (χ1n) is 9.68. The second-order valence-electron chi connectivity index (χ2n) is 7.98. The average Bonchev–Trinajstić information content (AvgIpc) is 2.65. The lowest BCUT2D eigenvalue weighted by Gasteiger charge is -2.45. The van der Waals surface area contributed by atoms with Crippen LogP contribution in [-0.4, -0.2) is 18.3 Å². The van der Waals surface area contributed by atoms with Crippen LogP contribution in [0.3, 0.4) is 0 Å². The Kier molecular flexibility index (Phi) is 6.46. The highest BCUT2D eigenvalue weighted by Gasteiger charge is 2.28. The van der Waals surface area contributed by atoms with Gasteiger partial charge in [-0.3, -0.25) is 0 Å². The van der Waals surface area contributed by atoms with Crippen molar-refractivity contribution in [3.05, 3.63) is 64.5 Å². The first kappa shape index (κ1) is 20.2. The van der Waals surface area contributed by atoms with E-state index in [9.17, 15) is 5.11 Å². The van der Waals surface area contributed by atoms with Crippen LogP contribution in [0.5, 0.6) is 11.5 Å². The van der Waals surface area contributed by atoms with Crippen molar-refractivity contribution in [2.45, 2.75) is 39.5 Å². The summed E-state index contributed by atoms with van der Waals surface area (Å²) in [6, 6.07) is 12.1. The van der Waals surface area contributed by atoms with Gasteiger partial charge in [0.05, 0.1) is 0 Å². The van der Waals surface area contributed by atoms with Gasteiger partial charge in [0.2, 0.25) is 0 Å². The molecule has 0 spiro atoms. The average molecular weight is 387 g/mol. The molecule has 0 bridgehead atoms. The minimum absolute atomic E-state index is 0.109. The summed E-state index contributed by atoms with van der Waals surface area (Å²) in [5.41, 5.74) is 9.07. The Bertz CT molecular complexity index is 790. The van der Waals surface area contributed by atoms with Crippen LogP contribution in [-0.2, 0) is 19.3 Å². The topological polar surface area (TPSA) is 55.5 Å². The van der Waals surface area contributed by atoms with E-state index in [1.807, 2.05) is 30.3 Å². The van der Waals surface area contributed by atoms with Crippen LogP contribution in [0.25, 0.3) is 0 Å². The molecule has 3 N–H and O–H groups in total. The highest BCUT2D eigenvalue weighted by molar-refractivity contribution is 6.31. The molecule has 27 heavy (non-hydrogen) atoms. The zero-order valence-corrected chi connectivity index (χ0v) is 16.9. The van der Waals surface area contributed by atoms with Crippen molar-refractivity contribution in [3.63, 3.8) is 0 Å². The number of fused-ring (bicyclic) bond motifs is 1. The van der Waals surface area contributed by atoms with Gasteiger partial charge in [0, 0.05) is 11.6 Å². The summed E-state index contributed by atoms with van der Waals surface area (Å²) in [4.78, 5) is 0. The fourth-order valence-electron chi connectivity index (χ4n) is 3.93. The van der Waals surface area contributed by atoms with Crippen molar-refractivity contribution < 1.29 is 9.84 Å². The van der Waals surface area contributed by atoms with E-state index in [4.69, 9.17) is 22.1 Å². The van der Waals surface area contributed by atoms with Crippen LogP contribution in [0.1, 0.15) is 37.0 Å². The van der Waals surface area contributed by atoms with Crippen LogP contribution < -0.4 is 10.5 Å². The smallest absolute Gasteiger partial charge is 0.130 e. The summed E-state index contributed by atoms with van der Waals surface area (Å²) in [7, 11) is 0. The molecule has 0 radical (unpaired) electrons. The normalized spacial score (nSPS) is 19.2. The molecule has 0 saturated heterocycles. The van der Waals surface area contributed by atoms with E-state index in [0.29, 0.717) is 12.5 Å². The Labute approximate surface area is 167 Å². The van der Waals surface area contributed by atoms with Gasteiger partial charge < -0.3 is 22.0 Å². The highest BCUT2D eigenvalue weighted by atomic mass is 35.5. The van der Waals surface area contributed by atoms with Crippen LogP contribution in [0.2, 0.25) is 5.02 Å². The number of halogens is 1. The Hall–Kier alpha value is -1.55. The molecule has 4 heteroatoms. The third-order valence-electron chi connectivity index (χ3n) is 5.39. The summed E-state index contributed by atoms with van der Waals surface area (Å²) in [5, 5.41) is 10.8. The van der Waals surface area contributed by atoms with Gasteiger partial charge in [-0.25, -0.2) is 0 Å². The fourth-order valence-corrected chi connectivity index (χ4v) is 4.12. The summed E-state index contributed by atoms with van der Waals surface area (Å²) < 4.78 is 6.28. The highest BCUT2D eigenvalue weighted by Crippen LogP contribution is 2.42. The van der Waals surface area contributed by atoms with Gasteiger partial charge in [0.25, 0.3) is 0 Å². The quantitative estimate of drug-likeness (QED) is 0.661. The third-order valence-corrected chi connectivity index (χ3v) is 5.76. The van der Waals surface area contributed by atoms with Crippen LogP contribution in [0, 0.1) is 17.8 Å². The molecular formula is C23H29ClNO2-. The largest absolute Gasteiger partial charge is 0.457 e. The molecule has 1 aliphatic rings. The fraction of sp³-hybridized carbons (Fsp3) is 0.435. The van der Waals surface area contributed by atoms with E-state index >= 15 is 0 Å². The molecule has 1 atom stereocenters. The van der Waals surface area contributed by atoms with Gasteiger partial charge in [0.1, 0.15) is 11.5 Å². The summed E-state index contributed by atoms with van der Waals surface area (Å²) in [6.45, 7) is 4.94. The molecule has 146 valence electrons. The summed E-state index contributed by atoms with van der Waals surface area (Å²) >= 11 is 6.35. The molecule has 2 aromatic rings. The lowest BCUT2D eigenvalue weighted by atomic mass is 9.70. The number of benzene rings is 2. The van der Waals surface area contributed by atoms with Crippen LogP contribution in [0.15, 0.2) is 36.4 Å². The zero-order valence-electron chi connectivity index (χ0n) is 16.2. The minimum atomic E-state index is -0.260. The van der Waals surface area contributed by atoms with Gasteiger partial charge in [-0.15, -0.1) is 12.0 Å². The van der Waals surface area contributed by atoms with E-state index in [0.717, 1.165) is 47.8 Å². The number of hydrogen-bond donors (Lipinski definition) is 2. The number of aliphatic hydroxyl groups excluding tert-OH is 1. The van der Waals surface area contributed by atoms with Gasteiger partial charge in [0.15, 0.2) is 0 Å². The lowest BCUT2D eigenvalue weighted by Crippen LogP contribution is -2.35. The van der Waals surface area contributed by atoms with Crippen molar-refractivity contribution in [1.29, 1.82) is 0 Å². The maximum Gasteiger partial charge on any atom is 0.130 e. The monoisotopic (exact) mass is 386 g/mol. The van der Waals surface area contributed by atoms with E-state index in [-0.39, 0.29) is 12.0 Å². The summed E-state index contributed by atoms with van der Waals surface area (Å²) in [5.74, 6) is 2.18. The Morgan fingerprint density at radius 1 is 1.30 bits per heavy atom. The maximum atomic E-state index is 9.99. The van der Waals surface area contributed by atoms with Crippen molar-refractivity contribution in [1.82, 2.24) is 0 Å². The van der Waals surface area contributed by atoms with E-state index in [2.05, 4.69) is 26.3 Å². The molecule has 1 aliphatic carbocycles. The molecule has 1 unspecified atom stereocenters. The zero-order chi connectivity index (χ0) is 19.4. The van der Waals surface area contributed by atoms with Crippen molar-refractivity contribution in [2.75, 3.05) is 13.2 Å². The second-order valence-corrected chi connectivity index (χ2v) is 8.39. The first-order chi connectivity index (χ1) is 13.0. The number of hydrogen-bond acceptors (Lipinski definition) is 3. The second kappa shape index (κ2) is 8.64. The Balaban J connectivity index is 1.89. The molecular weight excluding hydrogens is 358 g/mol. The molecule has 0 saturated carbocycles. The first-order valence-corrected chi connectivity index (χ1v) is 10.1. The van der Waals surface area contributed by atoms with Crippen molar-refractivity contribution in [2.24, 2.45) is 17.1 Å². The molecule has 0 heterocycles. The number of rotatable bonds is 7.